The van der Waals surface area contributed by atoms with Gasteiger partial charge in [-0.05, 0) is 68.7 Å². The minimum Gasteiger partial charge on any atom is -0.497 e. The Morgan fingerprint density at radius 3 is 2.15 bits per heavy atom. The molecule has 356 valence electrons. The van der Waals surface area contributed by atoms with Gasteiger partial charge in [-0.2, -0.15) is 10.2 Å². The fourth-order valence-electron chi connectivity index (χ4n) is 7.99. The Morgan fingerprint density at radius 2 is 1.60 bits per heavy atom. The first-order valence-electron chi connectivity index (χ1n) is 21.8. The molecule has 3 aromatic carbocycles. The lowest BCUT2D eigenvalue weighted by atomic mass is 9.80. The summed E-state index contributed by atoms with van der Waals surface area (Å²) in [5.41, 5.74) is 0.730. The smallest absolute Gasteiger partial charge is 0.410 e. The van der Waals surface area contributed by atoms with Gasteiger partial charge >= 0.3 is 6.09 Å². The van der Waals surface area contributed by atoms with Crippen LogP contribution in [0.4, 0.5) is 10.7 Å². The van der Waals surface area contributed by atoms with Crippen LogP contribution in [-0.2, 0) is 28.9 Å². The van der Waals surface area contributed by atoms with Gasteiger partial charge in [0.05, 0.1) is 52.6 Å². The Labute approximate surface area is 392 Å². The average Bonchev–Trinajstić information content (AvgIpc) is 3.91. The van der Waals surface area contributed by atoms with E-state index in [2.05, 4.69) is 32.3 Å². The van der Waals surface area contributed by atoms with E-state index in [4.69, 9.17) is 37.7 Å². The number of fused-ring (bicyclic) bond motifs is 1. The SMILES string of the molecule is C=CCOC(=O)N(C)[C@@H]1[C@H](OP(OCCC#N)N(C(C)C)C(C)C)[C@@H](COC(c2ccccc2)(c2ccc(OC)cc2)c2ccc(OC)cc2)O[C@H]1n1cnc2c(=O)[nH]c(/N=C/N(C)C)nc21. The van der Waals surface area contributed by atoms with E-state index in [1.807, 2.05) is 107 Å². The van der Waals surface area contributed by atoms with E-state index in [-0.39, 0.29) is 55.4 Å². The second-order valence-electron chi connectivity index (χ2n) is 16.4. The number of rotatable bonds is 22. The minimum absolute atomic E-state index is 0.0233. The number of nitriles is 1. The fraction of sp³-hybridized carbons (Fsp3) is 0.417. The molecule has 1 N–H and O–H groups in total. The number of carbonyl (C=O) groups excluding carboxylic acids is 1. The second-order valence-corrected chi connectivity index (χ2v) is 17.8. The number of ether oxygens (including phenoxy) is 5. The lowest BCUT2D eigenvalue weighted by Gasteiger charge is -2.40. The summed E-state index contributed by atoms with van der Waals surface area (Å²) < 4.78 is 48.8. The van der Waals surface area contributed by atoms with Gasteiger partial charge in [-0.15, -0.1) is 0 Å². The number of amides is 1. The Kier molecular flexibility index (Phi) is 17.3. The van der Waals surface area contributed by atoms with Crippen LogP contribution in [0.2, 0.25) is 0 Å². The molecule has 67 heavy (non-hydrogen) atoms. The monoisotopic (exact) mass is 937 g/mol. The molecule has 3 heterocycles. The summed E-state index contributed by atoms with van der Waals surface area (Å²) in [5, 5.41) is 9.58. The molecular weight excluding hydrogens is 878 g/mol. The second kappa shape index (κ2) is 23.0. The van der Waals surface area contributed by atoms with E-state index in [0.29, 0.717) is 11.5 Å². The van der Waals surface area contributed by atoms with Gasteiger partial charge in [0, 0.05) is 33.2 Å². The molecule has 1 fully saturated rings. The minimum atomic E-state index is -1.94. The zero-order valence-electron chi connectivity index (χ0n) is 39.4. The first kappa shape index (κ1) is 50.2. The topological polar surface area (TPSA) is 191 Å². The van der Waals surface area contributed by atoms with E-state index in [1.165, 1.54) is 23.6 Å². The number of likely N-dealkylation sites (N-methyl/N-ethyl adjacent to an activating group) is 1. The molecule has 5 atom stereocenters. The molecule has 18 nitrogen and oxygen atoms in total. The number of aliphatic imine (C=N–C) groups is 1. The maximum Gasteiger partial charge on any atom is 0.410 e. The molecular formula is C48H60N9O9P. The highest BCUT2D eigenvalue weighted by Gasteiger charge is 2.54. The number of methoxy groups -OCH3 is 2. The zero-order valence-corrected chi connectivity index (χ0v) is 40.3. The standard InChI is InChI=1S/C48H60N9O9P/c1-11-27-62-47(59)55(8)41-42(66-67(64-28-15-26-49)57(32(2)3)33(4)5)39(65-45(41)56-31-50-40-43(56)52-46(53-44(40)58)51-30-54(6)7)29-63-48(34-16-13-12-14-17-34,35-18-22-37(60-9)23-19-35)36-20-24-38(61-10)25-21-36/h11-14,16-25,30-33,39,41-42,45H,1,15,27-29H2,2-10H3,(H,52,53,58)/b51-30+/t39-,41-,42-,45-,67?/m1/s1. The number of H-pyrrole nitrogens is 1. The van der Waals surface area contributed by atoms with Gasteiger partial charge in [-0.1, -0.05) is 67.3 Å². The molecule has 1 aliphatic heterocycles. The van der Waals surface area contributed by atoms with E-state index in [9.17, 15) is 14.9 Å². The predicted octanol–water partition coefficient (Wildman–Crippen LogP) is 7.55. The number of nitrogens with zero attached hydrogens (tertiary/aromatic N) is 8. The highest BCUT2D eigenvalue weighted by atomic mass is 31.2. The van der Waals surface area contributed by atoms with Crippen molar-refractivity contribution in [1.82, 2.24) is 34.0 Å². The number of aromatic amines is 1. The van der Waals surface area contributed by atoms with Crippen molar-refractivity contribution >= 4 is 38.1 Å². The Bertz CT molecular complexity index is 2470. The number of hydrogen-bond donors (Lipinski definition) is 1. The molecule has 5 aromatic rings. The molecule has 1 unspecified atom stereocenters. The van der Waals surface area contributed by atoms with Crippen LogP contribution in [0.15, 0.2) is 108 Å². The van der Waals surface area contributed by atoms with Crippen LogP contribution in [0.1, 0.15) is 57.0 Å². The van der Waals surface area contributed by atoms with Crippen molar-refractivity contribution in [3.8, 4) is 17.6 Å². The van der Waals surface area contributed by atoms with Gasteiger partial charge in [0.25, 0.3) is 14.1 Å². The third kappa shape index (κ3) is 11.3. The average molecular weight is 938 g/mol. The van der Waals surface area contributed by atoms with Gasteiger partial charge in [0.1, 0.15) is 42.0 Å². The number of benzene rings is 3. The highest BCUT2D eigenvalue weighted by Crippen LogP contribution is 2.52. The maximum absolute atomic E-state index is 14.1. The molecule has 0 aliphatic carbocycles. The van der Waals surface area contributed by atoms with Crippen molar-refractivity contribution in [1.29, 1.82) is 5.26 Å². The summed E-state index contributed by atoms with van der Waals surface area (Å²) in [4.78, 5) is 46.9. The van der Waals surface area contributed by atoms with Gasteiger partial charge < -0.3 is 42.5 Å². The number of carbonyl (C=O) groups is 1. The molecule has 1 amide bonds. The molecule has 0 radical (unpaired) electrons. The zero-order chi connectivity index (χ0) is 48.3. The summed E-state index contributed by atoms with van der Waals surface area (Å²) >= 11 is 0. The van der Waals surface area contributed by atoms with Crippen LogP contribution >= 0.6 is 8.53 Å². The van der Waals surface area contributed by atoms with Crippen LogP contribution in [0.3, 0.4) is 0 Å². The molecule has 6 rings (SSSR count). The molecule has 0 saturated carbocycles. The number of hydrogen-bond acceptors (Lipinski definition) is 14. The molecule has 1 saturated heterocycles. The third-order valence-electron chi connectivity index (χ3n) is 11.0. The van der Waals surface area contributed by atoms with Crippen LogP contribution in [-0.4, -0.2) is 132 Å². The number of nitrogens with one attached hydrogen (secondary N) is 1. The normalized spacial score (nSPS) is 17.8. The number of aromatic nitrogens is 4. The van der Waals surface area contributed by atoms with Crippen LogP contribution in [0.5, 0.6) is 11.5 Å². The molecule has 1 aliphatic rings. The van der Waals surface area contributed by atoms with E-state index in [0.717, 1.165) is 16.7 Å². The summed E-state index contributed by atoms with van der Waals surface area (Å²) in [6.45, 7) is 11.7. The Morgan fingerprint density at radius 1 is 0.985 bits per heavy atom. The van der Waals surface area contributed by atoms with Gasteiger partial charge in [0.15, 0.2) is 17.4 Å². The van der Waals surface area contributed by atoms with Crippen molar-refractivity contribution in [3.05, 3.63) is 125 Å². The fourth-order valence-corrected chi connectivity index (χ4v) is 9.76. The highest BCUT2D eigenvalue weighted by molar-refractivity contribution is 7.44. The summed E-state index contributed by atoms with van der Waals surface area (Å²) in [6, 6.07) is 26.2. The Balaban J connectivity index is 1.58. The van der Waals surface area contributed by atoms with Crippen LogP contribution in [0, 0.1) is 11.3 Å². The van der Waals surface area contributed by atoms with Crippen LogP contribution < -0.4 is 15.0 Å². The number of imidazole rings is 1. The largest absolute Gasteiger partial charge is 0.497 e. The third-order valence-corrected chi connectivity index (χ3v) is 13.1. The van der Waals surface area contributed by atoms with Crippen molar-refractivity contribution < 1.29 is 37.5 Å². The maximum atomic E-state index is 14.1. The molecule has 2 aromatic heterocycles. The molecule has 0 spiro atoms. The lowest BCUT2D eigenvalue weighted by molar-refractivity contribution is -0.0919. The summed E-state index contributed by atoms with van der Waals surface area (Å²) in [6.07, 6.45) is 0.733. The van der Waals surface area contributed by atoms with Gasteiger partial charge in [-0.3, -0.25) is 14.3 Å². The van der Waals surface area contributed by atoms with Gasteiger partial charge in [-0.25, -0.2) is 19.4 Å². The van der Waals surface area contributed by atoms with Crippen LogP contribution in [0.25, 0.3) is 11.2 Å². The van der Waals surface area contributed by atoms with Gasteiger partial charge in [0.2, 0.25) is 5.95 Å². The van der Waals surface area contributed by atoms with E-state index in [1.54, 1.807) is 44.8 Å². The molecule has 19 heteroatoms. The lowest BCUT2D eigenvalue weighted by Crippen LogP contribution is -2.50. The first-order chi connectivity index (χ1) is 32.3. The Hall–Kier alpha value is -6.19. The summed E-state index contributed by atoms with van der Waals surface area (Å²) in [7, 11) is 6.45. The predicted molar refractivity (Wildman–Crippen MR) is 255 cm³/mol. The van der Waals surface area contributed by atoms with Crippen molar-refractivity contribution in [2.24, 2.45) is 4.99 Å². The van der Waals surface area contributed by atoms with Crippen molar-refractivity contribution in [2.45, 2.75) is 76.3 Å². The first-order valence-corrected chi connectivity index (χ1v) is 23.0. The van der Waals surface area contributed by atoms with E-state index < -0.39 is 50.3 Å². The quantitative estimate of drug-likeness (QED) is 0.0179. The van der Waals surface area contributed by atoms with Crippen molar-refractivity contribution in [3.63, 3.8) is 0 Å². The van der Waals surface area contributed by atoms with Crippen molar-refractivity contribution in [2.75, 3.05) is 55.2 Å². The molecule has 0 bridgehead atoms. The van der Waals surface area contributed by atoms with E-state index >= 15 is 0 Å². The summed E-state index contributed by atoms with van der Waals surface area (Å²) in [5.74, 6) is 1.34.